The van der Waals surface area contributed by atoms with Crippen LogP contribution >= 0.6 is 12.2 Å². The smallest absolute Gasteiger partial charge is 0.336 e. The Morgan fingerprint density at radius 3 is 2.71 bits per heavy atom. The SMILES string of the molecule is FC(F)(F)c1cn2ccc(=S)cc2[nH]1. The van der Waals surface area contributed by atoms with Crippen molar-refractivity contribution in [2.45, 2.75) is 6.18 Å². The molecule has 2 nitrogen and oxygen atoms in total. The third-order valence-electron chi connectivity index (χ3n) is 1.79. The molecule has 0 fully saturated rings. The highest BCUT2D eigenvalue weighted by atomic mass is 32.1. The molecule has 74 valence electrons. The molecule has 0 aliphatic heterocycles. The molecule has 0 atom stereocenters. The van der Waals surface area contributed by atoms with Gasteiger partial charge in [-0.25, -0.2) is 0 Å². The van der Waals surface area contributed by atoms with Crippen LogP contribution in [0.5, 0.6) is 0 Å². The molecular weight excluding hydrogens is 213 g/mol. The van der Waals surface area contributed by atoms with Gasteiger partial charge in [-0.15, -0.1) is 0 Å². The van der Waals surface area contributed by atoms with E-state index in [-0.39, 0.29) is 0 Å². The van der Waals surface area contributed by atoms with Gasteiger partial charge in [0.15, 0.2) is 0 Å². The predicted octanol–water partition coefficient (Wildman–Crippen LogP) is 3.02. The highest BCUT2D eigenvalue weighted by Gasteiger charge is 2.32. The van der Waals surface area contributed by atoms with Gasteiger partial charge in [0.05, 0.1) is 0 Å². The van der Waals surface area contributed by atoms with Gasteiger partial charge in [0.1, 0.15) is 11.3 Å². The van der Waals surface area contributed by atoms with E-state index in [0.29, 0.717) is 10.2 Å². The summed E-state index contributed by atoms with van der Waals surface area (Å²) in [6.07, 6.45) is -1.87. The fraction of sp³-hybridized carbons (Fsp3) is 0.125. The number of H-pyrrole nitrogens is 1. The molecule has 0 bridgehead atoms. The first-order valence-corrected chi connectivity index (χ1v) is 4.16. The molecular formula is C8H5F3N2S. The Bertz CT molecular complexity index is 523. The van der Waals surface area contributed by atoms with Crippen molar-refractivity contribution in [1.29, 1.82) is 0 Å². The van der Waals surface area contributed by atoms with Gasteiger partial charge in [-0.05, 0) is 12.1 Å². The topological polar surface area (TPSA) is 20.2 Å². The van der Waals surface area contributed by atoms with Crippen molar-refractivity contribution in [3.05, 3.63) is 34.7 Å². The van der Waals surface area contributed by atoms with Gasteiger partial charge in [0.25, 0.3) is 0 Å². The number of fused-ring (bicyclic) bond motifs is 1. The summed E-state index contributed by atoms with van der Waals surface area (Å²) in [6, 6.07) is 3.04. The lowest BCUT2D eigenvalue weighted by Gasteiger charge is -1.99. The Hall–Kier alpha value is -1.30. The highest BCUT2D eigenvalue weighted by Crippen LogP contribution is 2.28. The number of aromatic amines is 1. The monoisotopic (exact) mass is 218 g/mol. The van der Waals surface area contributed by atoms with Crippen molar-refractivity contribution in [2.24, 2.45) is 0 Å². The molecule has 14 heavy (non-hydrogen) atoms. The average molecular weight is 218 g/mol. The average Bonchev–Trinajstić information content (AvgIpc) is 2.45. The third kappa shape index (κ3) is 1.52. The van der Waals surface area contributed by atoms with Crippen molar-refractivity contribution in [3.63, 3.8) is 0 Å². The maximum Gasteiger partial charge on any atom is 0.432 e. The Morgan fingerprint density at radius 1 is 1.36 bits per heavy atom. The third-order valence-corrected chi connectivity index (χ3v) is 2.05. The Balaban J connectivity index is 2.69. The van der Waals surface area contributed by atoms with Crippen molar-refractivity contribution < 1.29 is 13.2 Å². The van der Waals surface area contributed by atoms with Crippen molar-refractivity contribution in [2.75, 3.05) is 0 Å². The molecule has 0 aliphatic rings. The second kappa shape index (κ2) is 2.84. The number of imidazole rings is 1. The normalized spacial score (nSPS) is 12.2. The summed E-state index contributed by atoms with van der Waals surface area (Å²) in [4.78, 5) is 2.25. The lowest BCUT2D eigenvalue weighted by molar-refractivity contribution is -0.140. The maximum absolute atomic E-state index is 12.3. The predicted molar refractivity (Wildman–Crippen MR) is 47.6 cm³/mol. The summed E-state index contributed by atoms with van der Waals surface area (Å²) >= 11 is 4.83. The van der Waals surface area contributed by atoms with Crippen molar-refractivity contribution in [1.82, 2.24) is 9.38 Å². The first kappa shape index (κ1) is 9.26. The minimum atomic E-state index is -4.35. The molecule has 0 unspecified atom stereocenters. The molecule has 2 aromatic heterocycles. The van der Waals surface area contributed by atoms with Gasteiger partial charge in [0.2, 0.25) is 0 Å². The number of hydrogen-bond acceptors (Lipinski definition) is 1. The number of nitrogens with one attached hydrogen (secondary N) is 1. The van der Waals surface area contributed by atoms with E-state index in [9.17, 15) is 13.2 Å². The number of rotatable bonds is 0. The zero-order chi connectivity index (χ0) is 10.3. The standard InChI is InChI=1S/C8H5F3N2S/c9-8(10,11)6-4-13-2-1-5(14)3-7(13)12-6/h1-4,12H. The van der Waals surface area contributed by atoms with Crippen molar-refractivity contribution in [3.8, 4) is 0 Å². The van der Waals surface area contributed by atoms with E-state index in [2.05, 4.69) is 4.98 Å². The van der Waals surface area contributed by atoms with E-state index in [1.54, 1.807) is 6.07 Å². The van der Waals surface area contributed by atoms with Crippen LogP contribution in [0.25, 0.3) is 5.65 Å². The minimum Gasteiger partial charge on any atom is -0.336 e. The van der Waals surface area contributed by atoms with Gasteiger partial charge < -0.3 is 9.38 Å². The molecule has 0 aliphatic carbocycles. The molecule has 0 spiro atoms. The van der Waals surface area contributed by atoms with E-state index in [1.165, 1.54) is 16.7 Å². The Kier molecular flexibility index (Phi) is 1.88. The molecule has 0 aromatic carbocycles. The largest absolute Gasteiger partial charge is 0.432 e. The van der Waals surface area contributed by atoms with Crippen LogP contribution in [0.3, 0.4) is 0 Å². The molecule has 2 aromatic rings. The van der Waals surface area contributed by atoms with Crippen LogP contribution in [-0.2, 0) is 6.18 Å². The molecule has 1 N–H and O–H groups in total. The summed E-state index contributed by atoms with van der Waals surface area (Å²) in [5.74, 6) is 0. The van der Waals surface area contributed by atoms with Crippen LogP contribution in [0.4, 0.5) is 13.2 Å². The summed E-state index contributed by atoms with van der Waals surface area (Å²) < 4.78 is 38.6. The van der Waals surface area contributed by atoms with Gasteiger partial charge in [-0.2, -0.15) is 13.2 Å². The molecule has 0 amide bonds. The van der Waals surface area contributed by atoms with Crippen LogP contribution in [0.1, 0.15) is 5.69 Å². The van der Waals surface area contributed by atoms with E-state index < -0.39 is 11.9 Å². The van der Waals surface area contributed by atoms with Gasteiger partial charge in [0, 0.05) is 16.9 Å². The second-order valence-corrected chi connectivity index (χ2v) is 3.29. The fourth-order valence-corrected chi connectivity index (χ4v) is 1.33. The number of pyridine rings is 1. The van der Waals surface area contributed by atoms with Crippen LogP contribution in [-0.4, -0.2) is 9.38 Å². The molecule has 0 saturated heterocycles. The zero-order valence-corrected chi connectivity index (χ0v) is 7.62. The summed E-state index contributed by atoms with van der Waals surface area (Å²) in [7, 11) is 0. The van der Waals surface area contributed by atoms with Crippen molar-refractivity contribution >= 4 is 17.9 Å². The Labute approximate surface area is 82.0 Å². The summed E-state index contributed by atoms with van der Waals surface area (Å²) in [5, 5.41) is 0. The van der Waals surface area contributed by atoms with Crippen LogP contribution in [0.15, 0.2) is 24.5 Å². The van der Waals surface area contributed by atoms with Gasteiger partial charge in [-0.1, -0.05) is 12.2 Å². The van der Waals surface area contributed by atoms with Crippen LogP contribution < -0.4 is 0 Å². The number of halogens is 3. The first-order chi connectivity index (χ1) is 6.47. The number of hydrogen-bond donors (Lipinski definition) is 1. The summed E-state index contributed by atoms with van der Waals surface area (Å²) in [6.45, 7) is 0. The van der Waals surface area contributed by atoms with Crippen LogP contribution in [0.2, 0.25) is 0 Å². The van der Waals surface area contributed by atoms with Gasteiger partial charge in [-0.3, -0.25) is 0 Å². The van der Waals surface area contributed by atoms with E-state index in [0.717, 1.165) is 6.20 Å². The second-order valence-electron chi connectivity index (χ2n) is 2.82. The first-order valence-electron chi connectivity index (χ1n) is 3.75. The van der Waals surface area contributed by atoms with Crippen LogP contribution in [0, 0.1) is 4.51 Å². The minimum absolute atomic E-state index is 0.338. The number of alkyl halides is 3. The van der Waals surface area contributed by atoms with E-state index in [1.807, 2.05) is 0 Å². The lowest BCUT2D eigenvalue weighted by Crippen LogP contribution is -2.04. The lowest BCUT2D eigenvalue weighted by atomic mass is 10.5. The molecule has 2 rings (SSSR count). The number of aromatic nitrogens is 2. The fourth-order valence-electron chi connectivity index (χ4n) is 1.16. The molecule has 0 radical (unpaired) electrons. The molecule has 6 heteroatoms. The van der Waals surface area contributed by atoms with E-state index >= 15 is 0 Å². The quantitative estimate of drug-likeness (QED) is 0.674. The highest BCUT2D eigenvalue weighted by molar-refractivity contribution is 7.71. The summed E-state index contributed by atoms with van der Waals surface area (Å²) in [5.41, 5.74) is -0.442. The molecule has 2 heterocycles. The number of nitrogens with zero attached hydrogens (tertiary/aromatic N) is 1. The van der Waals surface area contributed by atoms with E-state index in [4.69, 9.17) is 12.2 Å². The zero-order valence-electron chi connectivity index (χ0n) is 6.80. The maximum atomic E-state index is 12.3. The Morgan fingerprint density at radius 2 is 2.07 bits per heavy atom. The van der Waals surface area contributed by atoms with Gasteiger partial charge >= 0.3 is 6.18 Å². The molecule has 0 saturated carbocycles.